The van der Waals surface area contributed by atoms with Gasteiger partial charge in [-0.2, -0.15) is 4.98 Å². The van der Waals surface area contributed by atoms with E-state index >= 15 is 0 Å². The molecule has 1 fully saturated rings. The molecule has 0 spiro atoms. The second-order valence-corrected chi connectivity index (χ2v) is 9.00. The van der Waals surface area contributed by atoms with E-state index in [0.717, 1.165) is 43.0 Å². The Morgan fingerprint density at radius 2 is 2.07 bits per heavy atom. The first-order valence-corrected chi connectivity index (χ1v) is 11.2. The van der Waals surface area contributed by atoms with Crippen LogP contribution in [0, 0.1) is 0 Å². The van der Waals surface area contributed by atoms with Crippen LogP contribution in [-0.4, -0.2) is 40.2 Å². The fourth-order valence-corrected chi connectivity index (χ4v) is 4.43. The summed E-state index contributed by atoms with van der Waals surface area (Å²) in [5, 5.41) is 5.21. The van der Waals surface area contributed by atoms with E-state index in [0.29, 0.717) is 39.2 Å². The first-order chi connectivity index (χ1) is 14.4. The van der Waals surface area contributed by atoms with Crippen molar-refractivity contribution in [3.05, 3.63) is 45.0 Å². The van der Waals surface area contributed by atoms with E-state index in [2.05, 4.69) is 25.2 Å². The van der Waals surface area contributed by atoms with E-state index in [9.17, 15) is 0 Å². The number of aromatic amines is 1. The molecule has 2 N–H and O–H groups in total. The van der Waals surface area contributed by atoms with Crippen molar-refractivity contribution in [2.45, 2.75) is 45.4 Å². The van der Waals surface area contributed by atoms with Crippen LogP contribution in [-0.2, 0) is 6.54 Å². The number of rotatable bonds is 6. The van der Waals surface area contributed by atoms with Crippen LogP contribution >= 0.6 is 34.8 Å². The molecule has 1 aliphatic rings. The lowest BCUT2D eigenvalue weighted by Gasteiger charge is -2.33. The zero-order chi connectivity index (χ0) is 21.3. The molecule has 1 atom stereocenters. The van der Waals surface area contributed by atoms with Gasteiger partial charge in [0.1, 0.15) is 10.9 Å². The molecule has 1 saturated heterocycles. The van der Waals surface area contributed by atoms with Gasteiger partial charge in [0.25, 0.3) is 0 Å². The number of nitrogens with zero attached hydrogens (tertiary/aromatic N) is 3. The molecule has 0 bridgehead atoms. The summed E-state index contributed by atoms with van der Waals surface area (Å²) in [7, 11) is 0. The van der Waals surface area contributed by atoms with Crippen LogP contribution in [0.5, 0.6) is 5.75 Å². The molecule has 0 saturated carbocycles. The highest BCUT2D eigenvalue weighted by Gasteiger charge is 2.23. The normalized spacial score (nSPS) is 17.1. The minimum absolute atomic E-state index is 0.0304. The van der Waals surface area contributed by atoms with Gasteiger partial charge >= 0.3 is 0 Å². The van der Waals surface area contributed by atoms with Gasteiger partial charge in [-0.25, -0.2) is 4.98 Å². The maximum Gasteiger partial charge on any atom is 0.205 e. The van der Waals surface area contributed by atoms with E-state index in [1.165, 1.54) is 0 Å². The Morgan fingerprint density at radius 1 is 1.23 bits per heavy atom. The Hall–Kier alpha value is -1.73. The SMILES string of the molecule is CC(C)Oc1c(Cl)cc(Cl)cc1CN[C@H]1CCCN(c2nc3nc(Cl)ccc3[nH]2)C1. The number of aromatic nitrogens is 3. The minimum Gasteiger partial charge on any atom is -0.489 e. The summed E-state index contributed by atoms with van der Waals surface area (Å²) < 4.78 is 5.93. The van der Waals surface area contributed by atoms with Gasteiger partial charge in [0.15, 0.2) is 5.65 Å². The van der Waals surface area contributed by atoms with Gasteiger partial charge in [0.05, 0.1) is 16.6 Å². The summed E-state index contributed by atoms with van der Waals surface area (Å²) in [5.74, 6) is 1.51. The number of piperidine rings is 1. The lowest BCUT2D eigenvalue weighted by molar-refractivity contribution is 0.239. The summed E-state index contributed by atoms with van der Waals surface area (Å²) in [4.78, 5) is 14.5. The van der Waals surface area contributed by atoms with Crippen molar-refractivity contribution in [1.29, 1.82) is 0 Å². The Balaban J connectivity index is 1.45. The van der Waals surface area contributed by atoms with Crippen LogP contribution < -0.4 is 15.0 Å². The van der Waals surface area contributed by atoms with Crippen LogP contribution in [0.15, 0.2) is 24.3 Å². The number of fused-ring (bicyclic) bond motifs is 1. The number of benzene rings is 1. The number of halogens is 3. The van der Waals surface area contributed by atoms with Crippen molar-refractivity contribution in [3.63, 3.8) is 0 Å². The lowest BCUT2D eigenvalue weighted by atomic mass is 10.1. The number of nitrogens with one attached hydrogen (secondary N) is 2. The Kier molecular flexibility index (Phi) is 6.58. The molecule has 30 heavy (non-hydrogen) atoms. The molecule has 0 amide bonds. The molecular formula is C21H24Cl3N5O. The molecule has 1 aliphatic heterocycles. The number of ether oxygens (including phenoxy) is 1. The van der Waals surface area contributed by atoms with Crippen molar-refractivity contribution in [2.75, 3.05) is 18.0 Å². The van der Waals surface area contributed by atoms with E-state index in [1.807, 2.05) is 26.0 Å². The molecule has 160 valence electrons. The molecule has 0 unspecified atom stereocenters. The molecular weight excluding hydrogens is 445 g/mol. The molecule has 0 radical (unpaired) electrons. The Labute approximate surface area is 190 Å². The first kappa shape index (κ1) is 21.5. The third kappa shape index (κ3) is 4.94. The highest BCUT2D eigenvalue weighted by molar-refractivity contribution is 6.35. The number of pyridine rings is 1. The monoisotopic (exact) mass is 467 g/mol. The minimum atomic E-state index is 0.0304. The molecule has 4 rings (SSSR count). The third-order valence-electron chi connectivity index (χ3n) is 5.04. The second kappa shape index (κ2) is 9.18. The van der Waals surface area contributed by atoms with Crippen molar-refractivity contribution >= 4 is 51.9 Å². The average Bonchev–Trinajstić information content (AvgIpc) is 3.12. The maximum absolute atomic E-state index is 6.38. The molecule has 1 aromatic carbocycles. The van der Waals surface area contributed by atoms with Crippen LogP contribution in [0.1, 0.15) is 32.3 Å². The zero-order valence-electron chi connectivity index (χ0n) is 16.9. The molecule has 9 heteroatoms. The second-order valence-electron chi connectivity index (χ2n) is 7.77. The molecule has 0 aliphatic carbocycles. The van der Waals surface area contributed by atoms with Gasteiger partial charge in [0, 0.05) is 36.3 Å². The number of hydrogen-bond acceptors (Lipinski definition) is 5. The summed E-state index contributed by atoms with van der Waals surface area (Å²) >= 11 is 18.6. The smallest absolute Gasteiger partial charge is 0.205 e. The Bertz CT molecular complexity index is 1040. The van der Waals surface area contributed by atoms with Gasteiger partial charge in [-0.15, -0.1) is 0 Å². The van der Waals surface area contributed by atoms with Gasteiger partial charge in [0.2, 0.25) is 5.95 Å². The highest BCUT2D eigenvalue weighted by Crippen LogP contribution is 2.33. The van der Waals surface area contributed by atoms with E-state index in [4.69, 9.17) is 39.5 Å². The lowest BCUT2D eigenvalue weighted by Crippen LogP contribution is -2.46. The van der Waals surface area contributed by atoms with Crippen molar-refractivity contribution in [3.8, 4) is 5.75 Å². The van der Waals surface area contributed by atoms with E-state index < -0.39 is 0 Å². The topological polar surface area (TPSA) is 66.1 Å². The van der Waals surface area contributed by atoms with Gasteiger partial charge in [-0.05, 0) is 51.0 Å². The molecule has 6 nitrogen and oxygen atoms in total. The summed E-state index contributed by atoms with van der Waals surface area (Å²) in [6.45, 7) is 6.36. The fourth-order valence-electron chi connectivity index (χ4n) is 3.71. The Morgan fingerprint density at radius 3 is 2.87 bits per heavy atom. The number of H-pyrrole nitrogens is 1. The fraction of sp³-hybridized carbons (Fsp3) is 0.429. The molecule has 3 heterocycles. The number of imidazole rings is 1. The third-order valence-corrected chi connectivity index (χ3v) is 5.75. The predicted octanol–water partition coefficient (Wildman–Crippen LogP) is 5.46. The standard InChI is InChI=1S/C21H24Cl3N5O/c1-12(2)30-19-13(8-14(22)9-16(19)23)10-25-15-4-3-7-29(11-15)21-26-17-5-6-18(24)27-20(17)28-21/h5-6,8-9,12,15,25H,3-4,7,10-11H2,1-2H3,(H,26,27,28)/t15-/m0/s1. The van der Waals surface area contributed by atoms with Crippen LogP contribution in [0.3, 0.4) is 0 Å². The van der Waals surface area contributed by atoms with Gasteiger partial charge in [-0.3, -0.25) is 0 Å². The number of hydrogen-bond donors (Lipinski definition) is 2. The largest absolute Gasteiger partial charge is 0.489 e. The predicted molar refractivity (Wildman–Crippen MR) is 123 cm³/mol. The van der Waals surface area contributed by atoms with Gasteiger partial charge in [-0.1, -0.05) is 34.8 Å². The maximum atomic E-state index is 6.38. The van der Waals surface area contributed by atoms with E-state index in [1.54, 1.807) is 12.1 Å². The average molecular weight is 469 g/mol. The number of anilines is 1. The summed E-state index contributed by atoms with van der Waals surface area (Å²) in [6.07, 6.45) is 2.17. The van der Waals surface area contributed by atoms with Crippen LogP contribution in [0.25, 0.3) is 11.2 Å². The van der Waals surface area contributed by atoms with Crippen molar-refractivity contribution in [2.24, 2.45) is 0 Å². The summed E-state index contributed by atoms with van der Waals surface area (Å²) in [6, 6.07) is 7.59. The molecule has 2 aromatic heterocycles. The molecule has 3 aromatic rings. The quantitative estimate of drug-likeness (QED) is 0.470. The first-order valence-electron chi connectivity index (χ1n) is 10.0. The van der Waals surface area contributed by atoms with E-state index in [-0.39, 0.29) is 6.10 Å². The highest BCUT2D eigenvalue weighted by atomic mass is 35.5. The van der Waals surface area contributed by atoms with Gasteiger partial charge < -0.3 is 19.9 Å². The van der Waals surface area contributed by atoms with Crippen molar-refractivity contribution < 1.29 is 4.74 Å². The summed E-state index contributed by atoms with van der Waals surface area (Å²) in [5.41, 5.74) is 2.48. The zero-order valence-corrected chi connectivity index (χ0v) is 19.2. The van der Waals surface area contributed by atoms with Crippen molar-refractivity contribution in [1.82, 2.24) is 20.3 Å². The van der Waals surface area contributed by atoms with Crippen LogP contribution in [0.2, 0.25) is 15.2 Å². The van der Waals surface area contributed by atoms with Crippen LogP contribution in [0.4, 0.5) is 5.95 Å².